The summed E-state index contributed by atoms with van der Waals surface area (Å²) in [4.78, 5) is 28.7. The van der Waals surface area contributed by atoms with Crippen LogP contribution in [-0.2, 0) is 27.5 Å². The number of rotatable bonds is 7. The van der Waals surface area contributed by atoms with Crippen LogP contribution in [0.3, 0.4) is 0 Å². The van der Waals surface area contributed by atoms with E-state index in [4.69, 9.17) is 17.3 Å². The summed E-state index contributed by atoms with van der Waals surface area (Å²) in [6.45, 7) is 0.253. The molecule has 0 spiro atoms. The molecule has 0 saturated carbocycles. The van der Waals surface area contributed by atoms with E-state index in [1.807, 2.05) is 0 Å². The highest BCUT2D eigenvalue weighted by Gasteiger charge is 2.33. The number of ether oxygens (including phenoxy) is 1. The fourth-order valence-electron chi connectivity index (χ4n) is 3.94. The summed E-state index contributed by atoms with van der Waals surface area (Å²) in [7, 11) is -3.90. The van der Waals surface area contributed by atoms with Crippen molar-refractivity contribution in [2.24, 2.45) is 5.73 Å². The van der Waals surface area contributed by atoms with Crippen LogP contribution in [0.5, 0.6) is 0 Å². The minimum absolute atomic E-state index is 0.00186. The SMILES string of the molecule is NC(=O)OCc1ccc(C(=O)Nc2ccc(S(=O)(=O)N3CCN(c4cc(C(F)(F)F)cc(Cl)n4)CC3)cc2)cc1. The quantitative estimate of drug-likeness (QED) is 0.391. The van der Waals surface area contributed by atoms with Crippen molar-refractivity contribution < 1.29 is 35.9 Å². The number of anilines is 2. The topological polar surface area (TPSA) is 135 Å². The molecule has 40 heavy (non-hydrogen) atoms. The first-order valence-electron chi connectivity index (χ1n) is 11.8. The van der Waals surface area contributed by atoms with E-state index in [-0.39, 0.29) is 48.7 Å². The first-order chi connectivity index (χ1) is 18.8. The zero-order valence-electron chi connectivity index (χ0n) is 20.7. The largest absolute Gasteiger partial charge is 0.445 e. The Kier molecular flexibility index (Phi) is 8.51. The lowest BCUT2D eigenvalue weighted by Gasteiger charge is -2.35. The van der Waals surface area contributed by atoms with Crippen LogP contribution >= 0.6 is 11.6 Å². The van der Waals surface area contributed by atoms with Gasteiger partial charge in [0, 0.05) is 37.4 Å². The zero-order chi connectivity index (χ0) is 29.1. The van der Waals surface area contributed by atoms with E-state index >= 15 is 0 Å². The number of nitrogens with two attached hydrogens (primary N) is 1. The van der Waals surface area contributed by atoms with E-state index in [0.29, 0.717) is 16.8 Å². The Hall–Kier alpha value is -3.88. The summed E-state index contributed by atoms with van der Waals surface area (Å²) in [5, 5.41) is 2.37. The summed E-state index contributed by atoms with van der Waals surface area (Å²) >= 11 is 5.77. The molecule has 1 saturated heterocycles. The highest BCUT2D eigenvalue weighted by molar-refractivity contribution is 7.89. The summed E-state index contributed by atoms with van der Waals surface area (Å²) in [5.41, 5.74) is 5.32. The normalized spacial score (nSPS) is 14.6. The fraction of sp³-hybridized carbons (Fsp3) is 0.240. The maximum absolute atomic E-state index is 13.1. The molecule has 1 aliphatic rings. The van der Waals surface area contributed by atoms with Gasteiger partial charge in [0.15, 0.2) is 0 Å². The number of hydrogen-bond acceptors (Lipinski definition) is 7. The standard InChI is InChI=1S/C25H23ClF3N5O5S/c26-21-13-18(25(27,28)29)14-22(32-21)33-9-11-34(12-10-33)40(37,38)20-7-5-19(6-8-20)31-23(35)17-3-1-16(2-4-17)15-39-24(30)36/h1-8,13-14H,9-12,15H2,(H2,30,36)(H,31,35). The third-order valence-electron chi connectivity index (χ3n) is 6.02. The number of aromatic nitrogens is 1. The van der Waals surface area contributed by atoms with Gasteiger partial charge in [-0.15, -0.1) is 0 Å². The summed E-state index contributed by atoms with van der Waals surface area (Å²) in [6, 6.07) is 13.5. The Morgan fingerprint density at radius 2 is 1.62 bits per heavy atom. The van der Waals surface area contributed by atoms with Crippen LogP contribution in [0.1, 0.15) is 21.5 Å². The third-order valence-corrected chi connectivity index (χ3v) is 8.12. The average molecular weight is 598 g/mol. The van der Waals surface area contributed by atoms with Crippen molar-refractivity contribution in [2.75, 3.05) is 36.4 Å². The second-order valence-electron chi connectivity index (χ2n) is 8.71. The van der Waals surface area contributed by atoms with Crippen LogP contribution in [-0.4, -0.2) is 55.9 Å². The van der Waals surface area contributed by atoms with E-state index in [1.54, 1.807) is 17.0 Å². The summed E-state index contributed by atoms with van der Waals surface area (Å²) in [5.74, 6) is -0.414. The third kappa shape index (κ3) is 7.00. The molecular formula is C25H23ClF3N5O5S. The van der Waals surface area contributed by atoms with Crippen molar-refractivity contribution in [3.8, 4) is 0 Å². The molecule has 2 amide bonds. The molecule has 212 valence electrons. The van der Waals surface area contributed by atoms with Gasteiger partial charge in [-0.3, -0.25) is 4.79 Å². The minimum atomic E-state index is -4.59. The average Bonchev–Trinajstić information content (AvgIpc) is 2.91. The number of amides is 2. The van der Waals surface area contributed by atoms with Crippen LogP contribution in [0.4, 0.5) is 29.5 Å². The number of alkyl halides is 3. The minimum Gasteiger partial charge on any atom is -0.445 e. The Bertz CT molecular complexity index is 1490. The molecule has 4 rings (SSSR count). The predicted octanol–water partition coefficient (Wildman–Crippen LogP) is 4.11. The molecule has 1 aromatic heterocycles. The highest BCUT2D eigenvalue weighted by Crippen LogP contribution is 2.33. The second-order valence-corrected chi connectivity index (χ2v) is 11.0. The number of carbonyl (C=O) groups is 2. The molecule has 3 aromatic rings. The first-order valence-corrected chi connectivity index (χ1v) is 13.6. The number of piperazine rings is 1. The molecule has 2 heterocycles. The number of sulfonamides is 1. The Balaban J connectivity index is 1.36. The van der Waals surface area contributed by atoms with Gasteiger partial charge in [0.25, 0.3) is 5.91 Å². The van der Waals surface area contributed by atoms with Gasteiger partial charge in [-0.25, -0.2) is 18.2 Å². The Morgan fingerprint density at radius 1 is 1.00 bits per heavy atom. The van der Waals surface area contributed by atoms with Gasteiger partial charge in [0.2, 0.25) is 10.0 Å². The van der Waals surface area contributed by atoms with Crippen LogP contribution in [0, 0.1) is 0 Å². The van der Waals surface area contributed by atoms with Crippen LogP contribution < -0.4 is 16.0 Å². The maximum Gasteiger partial charge on any atom is 0.416 e. The lowest BCUT2D eigenvalue weighted by atomic mass is 10.1. The first kappa shape index (κ1) is 29.1. The molecule has 0 bridgehead atoms. The smallest absolute Gasteiger partial charge is 0.416 e. The summed E-state index contributed by atoms with van der Waals surface area (Å²) in [6.07, 6.45) is -5.50. The van der Waals surface area contributed by atoms with Gasteiger partial charge in [0.05, 0.1) is 10.5 Å². The number of nitrogens with zero attached hydrogens (tertiary/aromatic N) is 3. The zero-order valence-corrected chi connectivity index (χ0v) is 22.3. The van der Waals surface area contributed by atoms with E-state index < -0.39 is 33.8 Å². The molecule has 0 aliphatic carbocycles. The van der Waals surface area contributed by atoms with Gasteiger partial charge < -0.3 is 20.7 Å². The Morgan fingerprint density at radius 3 is 2.20 bits per heavy atom. The maximum atomic E-state index is 13.1. The number of benzene rings is 2. The van der Waals surface area contributed by atoms with Gasteiger partial charge >= 0.3 is 12.3 Å². The molecule has 10 nitrogen and oxygen atoms in total. The van der Waals surface area contributed by atoms with Crippen molar-refractivity contribution in [3.63, 3.8) is 0 Å². The molecule has 1 aliphatic heterocycles. The second kappa shape index (κ2) is 11.7. The Labute approximate surface area is 232 Å². The lowest BCUT2D eigenvalue weighted by Crippen LogP contribution is -2.49. The molecule has 2 aromatic carbocycles. The van der Waals surface area contributed by atoms with Crippen molar-refractivity contribution in [2.45, 2.75) is 17.7 Å². The van der Waals surface area contributed by atoms with Gasteiger partial charge in [-0.05, 0) is 54.1 Å². The van der Waals surface area contributed by atoms with Gasteiger partial charge in [-0.1, -0.05) is 23.7 Å². The van der Waals surface area contributed by atoms with E-state index in [1.165, 1.54) is 40.7 Å². The number of carbonyl (C=O) groups excluding carboxylic acids is 2. The number of pyridine rings is 1. The number of halogens is 4. The highest BCUT2D eigenvalue weighted by atomic mass is 35.5. The van der Waals surface area contributed by atoms with Crippen LogP contribution in [0.15, 0.2) is 65.6 Å². The molecule has 15 heteroatoms. The molecule has 1 fully saturated rings. The number of hydrogen-bond donors (Lipinski definition) is 2. The van der Waals surface area contributed by atoms with Gasteiger partial charge in [0.1, 0.15) is 17.6 Å². The molecule has 0 unspecified atom stereocenters. The molecule has 0 radical (unpaired) electrons. The van der Waals surface area contributed by atoms with E-state index in [0.717, 1.165) is 12.1 Å². The monoisotopic (exact) mass is 597 g/mol. The molecule has 0 atom stereocenters. The number of primary amides is 1. The predicted molar refractivity (Wildman–Crippen MR) is 140 cm³/mol. The van der Waals surface area contributed by atoms with Crippen molar-refractivity contribution in [3.05, 3.63) is 82.5 Å². The lowest BCUT2D eigenvalue weighted by molar-refractivity contribution is -0.137. The van der Waals surface area contributed by atoms with Crippen molar-refractivity contribution in [1.29, 1.82) is 0 Å². The van der Waals surface area contributed by atoms with Crippen molar-refractivity contribution in [1.82, 2.24) is 9.29 Å². The fourth-order valence-corrected chi connectivity index (χ4v) is 5.56. The number of nitrogens with one attached hydrogen (secondary N) is 1. The molecular weight excluding hydrogens is 575 g/mol. The summed E-state index contributed by atoms with van der Waals surface area (Å²) < 4.78 is 71.6. The van der Waals surface area contributed by atoms with Gasteiger partial charge in [-0.2, -0.15) is 17.5 Å². The van der Waals surface area contributed by atoms with Crippen LogP contribution in [0.25, 0.3) is 0 Å². The van der Waals surface area contributed by atoms with E-state index in [9.17, 15) is 31.2 Å². The molecule has 3 N–H and O–H groups in total. The van der Waals surface area contributed by atoms with E-state index in [2.05, 4.69) is 15.0 Å². The van der Waals surface area contributed by atoms with Crippen LogP contribution in [0.2, 0.25) is 5.15 Å². The van der Waals surface area contributed by atoms with Crippen molar-refractivity contribution >= 4 is 45.1 Å².